The number of piperidine rings is 3. The summed E-state index contributed by atoms with van der Waals surface area (Å²) in [5.41, 5.74) is 3.04. The van der Waals surface area contributed by atoms with Gasteiger partial charge in [0.2, 0.25) is 0 Å². The van der Waals surface area contributed by atoms with Crippen LogP contribution in [0.25, 0.3) is 0 Å². The highest BCUT2D eigenvalue weighted by Gasteiger charge is 2.37. The zero-order valence-corrected chi connectivity index (χ0v) is 28.7. The van der Waals surface area contributed by atoms with Gasteiger partial charge in [0.15, 0.2) is 23.9 Å². The van der Waals surface area contributed by atoms with Crippen molar-refractivity contribution in [2.75, 3.05) is 38.8 Å². The van der Waals surface area contributed by atoms with E-state index in [0.29, 0.717) is 50.1 Å². The molecule has 1 amide bonds. The van der Waals surface area contributed by atoms with E-state index in [1.54, 1.807) is 35.2 Å². The lowest BCUT2D eigenvalue weighted by atomic mass is 9.82. The average Bonchev–Trinajstić information content (AvgIpc) is 3.10. The van der Waals surface area contributed by atoms with Crippen molar-refractivity contribution in [2.45, 2.75) is 37.8 Å². The molecular formula is C37H37Cl2N3O7. The maximum absolute atomic E-state index is 13.9. The maximum atomic E-state index is 13.9. The Kier molecular flexibility index (Phi) is 10.5. The number of carbonyl (C=O) groups is 2. The Morgan fingerprint density at radius 2 is 1.67 bits per heavy atom. The molecule has 49 heavy (non-hydrogen) atoms. The molecule has 0 radical (unpaired) electrons. The number of pyridine rings is 1. The minimum atomic E-state index is -1.13. The Morgan fingerprint density at radius 1 is 0.980 bits per heavy atom. The van der Waals surface area contributed by atoms with Gasteiger partial charge < -0.3 is 24.5 Å². The molecule has 3 aliphatic heterocycles. The number of carboxylic acid groups (broad SMARTS) is 1. The number of hydrogen-bond donors (Lipinski definition) is 1. The van der Waals surface area contributed by atoms with E-state index in [1.165, 1.54) is 26.6 Å². The summed E-state index contributed by atoms with van der Waals surface area (Å²) in [5, 5.41) is 22.8. The molecule has 0 aliphatic carbocycles. The van der Waals surface area contributed by atoms with Crippen LogP contribution in [0.15, 0.2) is 79.1 Å². The van der Waals surface area contributed by atoms with Crippen molar-refractivity contribution < 1.29 is 33.6 Å². The van der Waals surface area contributed by atoms with Crippen molar-refractivity contribution in [3.8, 4) is 11.5 Å². The summed E-state index contributed by atoms with van der Waals surface area (Å²) < 4.78 is 17.7. The van der Waals surface area contributed by atoms with E-state index >= 15 is 0 Å². The minimum Gasteiger partial charge on any atom is -0.619 e. The summed E-state index contributed by atoms with van der Waals surface area (Å²) in [6, 6.07) is 19.7. The Bertz CT molecular complexity index is 1810. The first-order valence-corrected chi connectivity index (χ1v) is 16.8. The Hall–Kier alpha value is -4.51. The predicted octanol–water partition coefficient (Wildman–Crippen LogP) is 6.95. The van der Waals surface area contributed by atoms with Gasteiger partial charge in [-0.1, -0.05) is 59.6 Å². The summed E-state index contributed by atoms with van der Waals surface area (Å²) >= 11 is 13.1. The van der Waals surface area contributed by atoms with E-state index in [-0.39, 0.29) is 34.7 Å². The van der Waals surface area contributed by atoms with Gasteiger partial charge in [-0.2, -0.15) is 4.73 Å². The van der Waals surface area contributed by atoms with Crippen LogP contribution in [0.5, 0.6) is 11.5 Å². The third-order valence-corrected chi connectivity index (χ3v) is 10.1. The molecule has 1 N–H and O–H groups in total. The van der Waals surface area contributed by atoms with Crippen LogP contribution in [0.4, 0.5) is 10.5 Å². The molecule has 2 bridgehead atoms. The number of para-hydroxylation sites is 1. The molecule has 256 valence electrons. The number of hydrogen-bond acceptors (Lipinski definition) is 7. The van der Waals surface area contributed by atoms with Gasteiger partial charge in [0.25, 0.3) is 0 Å². The van der Waals surface area contributed by atoms with Crippen LogP contribution in [-0.2, 0) is 17.7 Å². The van der Waals surface area contributed by atoms with Crippen molar-refractivity contribution >= 4 is 41.0 Å². The van der Waals surface area contributed by atoms with Crippen molar-refractivity contribution in [1.29, 1.82) is 0 Å². The zero-order chi connectivity index (χ0) is 34.7. The number of benzene rings is 3. The van der Waals surface area contributed by atoms with E-state index in [4.69, 9.17) is 37.4 Å². The van der Waals surface area contributed by atoms with Crippen LogP contribution in [0, 0.1) is 11.1 Å². The fourth-order valence-electron chi connectivity index (χ4n) is 6.89. The van der Waals surface area contributed by atoms with Crippen LogP contribution in [0.2, 0.25) is 10.0 Å². The number of aromatic carboxylic acids is 1. The number of fused-ring (bicyclic) bond motifs is 3. The molecule has 3 aromatic carbocycles. The largest absolute Gasteiger partial charge is 0.619 e. The number of amides is 1. The summed E-state index contributed by atoms with van der Waals surface area (Å²) in [6.45, 7) is 2.90. The molecular weight excluding hydrogens is 669 g/mol. The Balaban J connectivity index is 1.41. The van der Waals surface area contributed by atoms with Crippen molar-refractivity contribution in [3.63, 3.8) is 0 Å². The Morgan fingerprint density at radius 3 is 2.29 bits per heavy atom. The van der Waals surface area contributed by atoms with Gasteiger partial charge in [0.1, 0.15) is 16.1 Å². The average molecular weight is 707 g/mol. The first-order chi connectivity index (χ1) is 23.6. The second-order valence-electron chi connectivity index (χ2n) is 12.4. The third-order valence-electron chi connectivity index (χ3n) is 9.48. The molecule has 0 saturated carbocycles. The molecule has 7 rings (SSSR count). The predicted molar refractivity (Wildman–Crippen MR) is 186 cm³/mol. The lowest BCUT2D eigenvalue weighted by Crippen LogP contribution is -2.53. The highest BCUT2D eigenvalue weighted by molar-refractivity contribution is 6.35. The highest BCUT2D eigenvalue weighted by atomic mass is 35.5. The number of carboxylic acids is 1. The number of methoxy groups -OCH3 is 2. The van der Waals surface area contributed by atoms with Gasteiger partial charge in [-0.3, -0.25) is 9.80 Å². The van der Waals surface area contributed by atoms with E-state index in [9.17, 15) is 19.9 Å². The smallest absolute Gasteiger partial charge is 0.414 e. The summed E-state index contributed by atoms with van der Waals surface area (Å²) in [6.07, 6.45) is 3.94. The maximum Gasteiger partial charge on any atom is 0.414 e. The standard InChI is InChI=1S/C37H37Cl2N3O7/c1-47-33-11-9-25(17-34(33)48-2)28(18-30-31(38)20-41(46)21-32(30)39)29-16-23(8-10-27(29)36(43)44)19-42(26-6-4-3-5-7-26)37(45)49-35-22-40-14-12-24(35)13-15-40/h3-11,16-17,20-21,24,28,35H,12-15,18-19,22H2,1-2H3,(H,43,44)/t28-,35-/m0/s1. The molecule has 1 aromatic heterocycles. The normalized spacial score (nSPS) is 18.8. The number of carbonyl (C=O) groups excluding carboxylic acids is 1. The summed E-state index contributed by atoms with van der Waals surface area (Å²) in [4.78, 5) is 30.5. The fourth-order valence-corrected chi connectivity index (χ4v) is 7.49. The minimum absolute atomic E-state index is 0.0618. The van der Waals surface area contributed by atoms with Crippen LogP contribution >= 0.6 is 23.2 Å². The molecule has 12 heteroatoms. The van der Waals surface area contributed by atoms with Crippen molar-refractivity contribution in [1.82, 2.24) is 4.90 Å². The summed E-state index contributed by atoms with van der Waals surface area (Å²) in [5.74, 6) is -0.460. The van der Waals surface area contributed by atoms with E-state index in [0.717, 1.165) is 32.5 Å². The first-order valence-electron chi connectivity index (χ1n) is 16.1. The van der Waals surface area contributed by atoms with Gasteiger partial charge in [-0.15, -0.1) is 0 Å². The number of halogens is 2. The van der Waals surface area contributed by atoms with Gasteiger partial charge in [-0.05, 0) is 85.3 Å². The summed E-state index contributed by atoms with van der Waals surface area (Å²) in [7, 11) is 3.05. The van der Waals surface area contributed by atoms with Crippen LogP contribution < -0.4 is 19.1 Å². The van der Waals surface area contributed by atoms with Crippen LogP contribution in [-0.4, -0.2) is 62.0 Å². The van der Waals surface area contributed by atoms with E-state index in [1.807, 2.05) is 36.4 Å². The number of anilines is 1. The topological polar surface area (TPSA) is 115 Å². The second-order valence-corrected chi connectivity index (χ2v) is 13.2. The molecule has 2 atom stereocenters. The lowest BCUT2D eigenvalue weighted by Gasteiger charge is -2.44. The lowest BCUT2D eigenvalue weighted by molar-refractivity contribution is -0.605. The van der Waals surface area contributed by atoms with Gasteiger partial charge in [-0.25, -0.2) is 9.59 Å². The fraction of sp³-hybridized carbons (Fsp3) is 0.324. The molecule has 10 nitrogen and oxygen atoms in total. The van der Waals surface area contributed by atoms with E-state index in [2.05, 4.69) is 4.90 Å². The van der Waals surface area contributed by atoms with Crippen molar-refractivity contribution in [2.24, 2.45) is 5.92 Å². The SMILES string of the molecule is COc1ccc([C@H](Cc2c(Cl)c[n+]([O-])cc2Cl)c2cc(CN(C(=O)O[C@H]3CN4CCC3CC4)c3ccccc3)ccc2C(=O)O)cc1OC. The molecule has 0 unspecified atom stereocenters. The number of nitrogens with zero attached hydrogens (tertiary/aromatic N) is 3. The monoisotopic (exact) mass is 705 g/mol. The van der Waals surface area contributed by atoms with Crippen molar-refractivity contribution in [3.05, 3.63) is 122 Å². The Labute approximate surface area is 294 Å². The molecule has 3 aliphatic rings. The number of ether oxygens (including phenoxy) is 3. The zero-order valence-electron chi connectivity index (χ0n) is 27.2. The highest BCUT2D eigenvalue weighted by Crippen LogP contribution is 2.39. The molecule has 3 saturated heterocycles. The van der Waals surface area contributed by atoms with E-state index < -0.39 is 18.0 Å². The van der Waals surface area contributed by atoms with Gasteiger partial charge in [0.05, 0.1) is 26.3 Å². The number of rotatable bonds is 11. The van der Waals surface area contributed by atoms with Crippen LogP contribution in [0.1, 0.15) is 51.4 Å². The first kappa shape index (κ1) is 34.4. The van der Waals surface area contributed by atoms with Gasteiger partial charge in [0, 0.05) is 23.7 Å². The molecule has 4 aromatic rings. The molecule has 0 spiro atoms. The second kappa shape index (κ2) is 14.9. The molecule has 4 heterocycles. The third kappa shape index (κ3) is 7.56. The van der Waals surface area contributed by atoms with Gasteiger partial charge >= 0.3 is 12.1 Å². The quantitative estimate of drug-likeness (QED) is 0.132. The van der Waals surface area contributed by atoms with Crippen LogP contribution in [0.3, 0.4) is 0 Å². The molecule has 3 fully saturated rings. The number of aromatic nitrogens is 1.